The molecule has 0 saturated carbocycles. The molecule has 0 fully saturated rings. The Bertz CT molecular complexity index is 431. The van der Waals surface area contributed by atoms with Gasteiger partial charge >= 0.3 is 0 Å². The fraction of sp³-hybridized carbons (Fsp3) is 0.385. The predicted octanol–water partition coefficient (Wildman–Crippen LogP) is 1.53. The fourth-order valence-corrected chi connectivity index (χ4v) is 1.54. The fourth-order valence-electron chi connectivity index (χ4n) is 1.54. The minimum Gasteiger partial charge on any atom is -0.348 e. The number of hydrogen-bond donors (Lipinski definition) is 2. The van der Waals surface area contributed by atoms with Crippen molar-refractivity contribution in [2.45, 2.75) is 32.9 Å². The molecule has 0 unspecified atom stereocenters. The van der Waals surface area contributed by atoms with Crippen molar-refractivity contribution in [2.75, 3.05) is 0 Å². The van der Waals surface area contributed by atoms with E-state index in [9.17, 15) is 14.0 Å². The van der Waals surface area contributed by atoms with E-state index in [2.05, 4.69) is 10.6 Å². The Morgan fingerprint density at radius 1 is 1.11 bits per heavy atom. The first-order valence-corrected chi connectivity index (χ1v) is 5.73. The summed E-state index contributed by atoms with van der Waals surface area (Å²) in [5.41, 5.74) is 0.805. The zero-order chi connectivity index (χ0) is 13.7. The molecule has 5 heteroatoms. The van der Waals surface area contributed by atoms with E-state index in [0.717, 1.165) is 5.56 Å². The molecule has 0 saturated heterocycles. The van der Waals surface area contributed by atoms with Crippen molar-refractivity contribution in [3.8, 4) is 0 Å². The van der Waals surface area contributed by atoms with Gasteiger partial charge in [0.15, 0.2) is 0 Å². The van der Waals surface area contributed by atoms with Crippen molar-refractivity contribution in [3.63, 3.8) is 0 Å². The van der Waals surface area contributed by atoms with E-state index in [1.165, 1.54) is 19.1 Å². The smallest absolute Gasteiger partial charge is 0.242 e. The topological polar surface area (TPSA) is 58.2 Å². The molecule has 0 aliphatic carbocycles. The summed E-state index contributed by atoms with van der Waals surface area (Å²) in [5.74, 6) is -0.849. The van der Waals surface area contributed by atoms with Crippen LogP contribution in [0.3, 0.4) is 0 Å². The van der Waals surface area contributed by atoms with Crippen LogP contribution in [0.1, 0.15) is 32.4 Å². The van der Waals surface area contributed by atoms with E-state index in [1.807, 2.05) is 0 Å². The molecule has 18 heavy (non-hydrogen) atoms. The van der Waals surface area contributed by atoms with Crippen molar-refractivity contribution < 1.29 is 14.0 Å². The van der Waals surface area contributed by atoms with E-state index in [-0.39, 0.29) is 23.7 Å². The first-order chi connectivity index (χ1) is 8.40. The third-order valence-corrected chi connectivity index (χ3v) is 2.54. The number of amides is 2. The maximum absolute atomic E-state index is 12.7. The molecule has 0 aromatic heterocycles. The van der Waals surface area contributed by atoms with Crippen LogP contribution >= 0.6 is 0 Å². The summed E-state index contributed by atoms with van der Waals surface area (Å²) in [5, 5.41) is 5.24. The number of hydrogen-bond acceptors (Lipinski definition) is 2. The predicted molar refractivity (Wildman–Crippen MR) is 66.2 cm³/mol. The highest BCUT2D eigenvalue weighted by Crippen LogP contribution is 2.12. The maximum atomic E-state index is 12.7. The summed E-state index contributed by atoms with van der Waals surface area (Å²) in [7, 11) is 0. The molecule has 2 N–H and O–H groups in total. The Morgan fingerprint density at radius 2 is 1.67 bits per heavy atom. The summed E-state index contributed by atoms with van der Waals surface area (Å²) in [6.45, 7) is 4.76. The van der Waals surface area contributed by atoms with Gasteiger partial charge in [-0.15, -0.1) is 0 Å². The van der Waals surface area contributed by atoms with Gasteiger partial charge in [0.2, 0.25) is 11.8 Å². The molecular formula is C13H17FN2O2. The van der Waals surface area contributed by atoms with Crippen molar-refractivity contribution in [1.82, 2.24) is 10.6 Å². The summed E-state index contributed by atoms with van der Waals surface area (Å²) >= 11 is 0. The van der Waals surface area contributed by atoms with Gasteiger partial charge in [-0.25, -0.2) is 4.39 Å². The van der Waals surface area contributed by atoms with Gasteiger partial charge in [0.25, 0.3) is 0 Å². The Hall–Kier alpha value is -1.91. The lowest BCUT2D eigenvalue weighted by atomic mass is 10.1. The van der Waals surface area contributed by atoms with Crippen LogP contribution in [0.25, 0.3) is 0 Å². The van der Waals surface area contributed by atoms with E-state index >= 15 is 0 Å². The molecule has 0 bridgehead atoms. The molecule has 4 nitrogen and oxygen atoms in total. The van der Waals surface area contributed by atoms with Crippen molar-refractivity contribution in [3.05, 3.63) is 35.6 Å². The van der Waals surface area contributed by atoms with Crippen LogP contribution in [-0.4, -0.2) is 17.9 Å². The largest absolute Gasteiger partial charge is 0.348 e. The van der Waals surface area contributed by atoms with Gasteiger partial charge < -0.3 is 10.6 Å². The molecule has 1 aromatic carbocycles. The van der Waals surface area contributed by atoms with Crippen molar-refractivity contribution in [1.29, 1.82) is 0 Å². The van der Waals surface area contributed by atoms with Crippen LogP contribution in [0.2, 0.25) is 0 Å². The first kappa shape index (κ1) is 14.2. The average molecular weight is 252 g/mol. The molecule has 1 rings (SSSR count). The lowest BCUT2D eigenvalue weighted by Crippen LogP contribution is -2.44. The molecule has 0 aliphatic rings. The summed E-state index contributed by atoms with van der Waals surface area (Å²) in [6, 6.07) is 5.08. The number of rotatable bonds is 4. The van der Waals surface area contributed by atoms with Crippen LogP contribution < -0.4 is 10.6 Å². The quantitative estimate of drug-likeness (QED) is 0.853. The molecule has 1 aromatic rings. The standard InChI is InChI=1S/C13H17FN2O2/c1-8(11-4-6-12(14)7-5-11)16-13(18)9(2)15-10(3)17/h4-9H,1-3H3,(H,15,17)(H,16,18)/t8-,9-/m0/s1. The minimum absolute atomic E-state index is 0.241. The second-order valence-electron chi connectivity index (χ2n) is 4.20. The zero-order valence-corrected chi connectivity index (χ0v) is 10.7. The first-order valence-electron chi connectivity index (χ1n) is 5.73. The van der Waals surface area contributed by atoms with Gasteiger partial charge in [-0.2, -0.15) is 0 Å². The molecule has 0 spiro atoms. The van der Waals surface area contributed by atoms with E-state index in [4.69, 9.17) is 0 Å². The van der Waals surface area contributed by atoms with Gasteiger partial charge in [-0.1, -0.05) is 12.1 Å². The normalized spacial score (nSPS) is 13.6. The Balaban J connectivity index is 2.59. The van der Waals surface area contributed by atoms with E-state index < -0.39 is 6.04 Å². The number of nitrogens with one attached hydrogen (secondary N) is 2. The summed E-state index contributed by atoms with van der Waals surface area (Å²) in [6.07, 6.45) is 0. The SMILES string of the molecule is CC(=O)N[C@@H](C)C(=O)N[C@@H](C)c1ccc(F)cc1. The van der Waals surface area contributed by atoms with Gasteiger partial charge in [-0.3, -0.25) is 9.59 Å². The van der Waals surface area contributed by atoms with Gasteiger partial charge in [0, 0.05) is 6.92 Å². The molecule has 0 radical (unpaired) electrons. The number of benzene rings is 1. The van der Waals surface area contributed by atoms with Crippen LogP contribution in [0.5, 0.6) is 0 Å². The van der Waals surface area contributed by atoms with Gasteiger partial charge in [0.05, 0.1) is 6.04 Å². The van der Waals surface area contributed by atoms with Crippen LogP contribution in [0.15, 0.2) is 24.3 Å². The van der Waals surface area contributed by atoms with Gasteiger partial charge in [0.1, 0.15) is 11.9 Å². The Labute approximate surface area is 106 Å². The summed E-state index contributed by atoms with van der Waals surface area (Å²) in [4.78, 5) is 22.5. The molecule has 0 heterocycles. The molecule has 0 aliphatic heterocycles. The lowest BCUT2D eigenvalue weighted by Gasteiger charge is -2.18. The molecule has 2 atom stereocenters. The van der Waals surface area contributed by atoms with Crippen molar-refractivity contribution >= 4 is 11.8 Å². The van der Waals surface area contributed by atoms with E-state index in [0.29, 0.717) is 0 Å². The zero-order valence-electron chi connectivity index (χ0n) is 10.7. The van der Waals surface area contributed by atoms with Crippen LogP contribution in [-0.2, 0) is 9.59 Å². The van der Waals surface area contributed by atoms with Crippen LogP contribution in [0, 0.1) is 5.82 Å². The molecule has 98 valence electrons. The molecular weight excluding hydrogens is 235 g/mol. The Kier molecular flexibility index (Phi) is 4.83. The van der Waals surface area contributed by atoms with Gasteiger partial charge in [-0.05, 0) is 31.5 Å². The third-order valence-electron chi connectivity index (χ3n) is 2.54. The second-order valence-corrected chi connectivity index (χ2v) is 4.20. The lowest BCUT2D eigenvalue weighted by molar-refractivity contribution is -0.128. The number of carbonyl (C=O) groups is 2. The highest BCUT2D eigenvalue weighted by molar-refractivity contribution is 5.86. The third kappa shape index (κ3) is 4.16. The number of halogens is 1. The van der Waals surface area contributed by atoms with Crippen LogP contribution in [0.4, 0.5) is 4.39 Å². The average Bonchev–Trinajstić information content (AvgIpc) is 2.28. The minimum atomic E-state index is -0.592. The van der Waals surface area contributed by atoms with Crippen molar-refractivity contribution in [2.24, 2.45) is 0 Å². The highest BCUT2D eigenvalue weighted by atomic mass is 19.1. The monoisotopic (exact) mass is 252 g/mol. The maximum Gasteiger partial charge on any atom is 0.242 e. The molecule has 2 amide bonds. The summed E-state index contributed by atoms with van der Waals surface area (Å²) < 4.78 is 12.7. The second kappa shape index (κ2) is 6.14. The number of carbonyl (C=O) groups excluding carboxylic acids is 2. The Morgan fingerprint density at radius 3 is 2.17 bits per heavy atom. The van der Waals surface area contributed by atoms with E-state index in [1.54, 1.807) is 26.0 Å². The highest BCUT2D eigenvalue weighted by Gasteiger charge is 2.16.